The normalized spacial score (nSPS) is 12.3. The SMILES string of the molecule is CCCCCCCCOc1ccc(/C=C/C(=O)OCC(O)CO)cc1. The van der Waals surface area contributed by atoms with Gasteiger partial charge in [-0.3, -0.25) is 0 Å². The number of hydrogen-bond acceptors (Lipinski definition) is 5. The second kappa shape index (κ2) is 13.4. The zero-order chi connectivity index (χ0) is 18.3. The molecule has 1 rings (SSSR count). The van der Waals surface area contributed by atoms with Gasteiger partial charge in [-0.05, 0) is 30.2 Å². The first-order chi connectivity index (χ1) is 12.2. The first-order valence-electron chi connectivity index (χ1n) is 9.02. The van der Waals surface area contributed by atoms with Crippen LogP contribution in [0.1, 0.15) is 51.0 Å². The predicted octanol–water partition coefficient (Wildman–Crippen LogP) is 3.34. The van der Waals surface area contributed by atoms with Gasteiger partial charge in [-0.15, -0.1) is 0 Å². The summed E-state index contributed by atoms with van der Waals surface area (Å²) in [6.45, 7) is 2.29. The third kappa shape index (κ3) is 10.6. The van der Waals surface area contributed by atoms with Gasteiger partial charge in [-0.1, -0.05) is 51.2 Å². The van der Waals surface area contributed by atoms with Gasteiger partial charge in [0, 0.05) is 6.08 Å². The Balaban J connectivity index is 2.24. The Bertz CT molecular complexity index is 495. The van der Waals surface area contributed by atoms with Crippen LogP contribution in [0.25, 0.3) is 6.08 Å². The van der Waals surface area contributed by atoms with E-state index in [1.54, 1.807) is 6.08 Å². The van der Waals surface area contributed by atoms with Gasteiger partial charge >= 0.3 is 5.97 Å². The molecule has 5 nitrogen and oxygen atoms in total. The molecule has 0 aliphatic heterocycles. The van der Waals surface area contributed by atoms with Crippen LogP contribution in [0.3, 0.4) is 0 Å². The van der Waals surface area contributed by atoms with Crippen LogP contribution in [-0.4, -0.2) is 42.1 Å². The number of benzene rings is 1. The Hall–Kier alpha value is -1.85. The van der Waals surface area contributed by atoms with Gasteiger partial charge in [0.25, 0.3) is 0 Å². The van der Waals surface area contributed by atoms with Crippen molar-refractivity contribution >= 4 is 12.0 Å². The molecule has 140 valence electrons. The van der Waals surface area contributed by atoms with Gasteiger partial charge in [-0.2, -0.15) is 0 Å². The standard InChI is InChI=1S/C20H30O5/c1-2-3-4-5-6-7-14-24-19-11-8-17(9-12-19)10-13-20(23)25-16-18(22)15-21/h8-13,18,21-22H,2-7,14-16H2,1H3/b13-10+. The highest BCUT2D eigenvalue weighted by Crippen LogP contribution is 2.14. The summed E-state index contributed by atoms with van der Waals surface area (Å²) in [5, 5.41) is 17.7. The van der Waals surface area contributed by atoms with E-state index in [-0.39, 0.29) is 6.61 Å². The number of ether oxygens (including phenoxy) is 2. The molecule has 25 heavy (non-hydrogen) atoms. The van der Waals surface area contributed by atoms with Gasteiger partial charge in [0.15, 0.2) is 0 Å². The Morgan fingerprint density at radius 3 is 2.48 bits per heavy atom. The van der Waals surface area contributed by atoms with Crippen molar-refractivity contribution in [2.75, 3.05) is 19.8 Å². The number of carbonyl (C=O) groups excluding carboxylic acids is 1. The summed E-state index contributed by atoms with van der Waals surface area (Å²) in [4.78, 5) is 11.4. The van der Waals surface area contributed by atoms with Crippen molar-refractivity contribution in [3.05, 3.63) is 35.9 Å². The van der Waals surface area contributed by atoms with Gasteiger partial charge in [0.1, 0.15) is 18.5 Å². The highest BCUT2D eigenvalue weighted by molar-refractivity contribution is 5.87. The van der Waals surface area contributed by atoms with E-state index in [1.807, 2.05) is 24.3 Å². The molecule has 1 aromatic carbocycles. The maximum Gasteiger partial charge on any atom is 0.330 e. The van der Waals surface area contributed by atoms with Crippen LogP contribution in [0.5, 0.6) is 5.75 Å². The fourth-order valence-corrected chi connectivity index (χ4v) is 2.19. The molecular formula is C20H30O5. The molecule has 5 heteroatoms. The minimum atomic E-state index is -1.04. The quantitative estimate of drug-likeness (QED) is 0.324. The monoisotopic (exact) mass is 350 g/mol. The zero-order valence-electron chi connectivity index (χ0n) is 15.0. The average molecular weight is 350 g/mol. The lowest BCUT2D eigenvalue weighted by atomic mass is 10.1. The molecule has 0 bridgehead atoms. The second-order valence-electron chi connectivity index (χ2n) is 5.99. The van der Waals surface area contributed by atoms with E-state index >= 15 is 0 Å². The summed E-state index contributed by atoms with van der Waals surface area (Å²) in [5.41, 5.74) is 0.853. The van der Waals surface area contributed by atoms with E-state index < -0.39 is 18.7 Å². The number of esters is 1. The van der Waals surface area contributed by atoms with Crippen molar-refractivity contribution in [2.24, 2.45) is 0 Å². The first kappa shape index (κ1) is 21.2. The van der Waals surface area contributed by atoms with Crippen LogP contribution < -0.4 is 4.74 Å². The van der Waals surface area contributed by atoms with Crippen LogP contribution in [0.4, 0.5) is 0 Å². The van der Waals surface area contributed by atoms with Crippen molar-refractivity contribution in [1.82, 2.24) is 0 Å². The topological polar surface area (TPSA) is 76.0 Å². The molecule has 0 radical (unpaired) electrons. The number of rotatable bonds is 13. The molecule has 0 amide bonds. The van der Waals surface area contributed by atoms with E-state index in [0.717, 1.165) is 24.3 Å². The molecule has 0 fully saturated rings. The number of hydrogen-bond donors (Lipinski definition) is 2. The third-order valence-electron chi connectivity index (χ3n) is 3.69. The van der Waals surface area contributed by atoms with Crippen molar-refractivity contribution in [1.29, 1.82) is 0 Å². The Morgan fingerprint density at radius 2 is 1.80 bits per heavy atom. The molecule has 2 N–H and O–H groups in total. The molecule has 1 unspecified atom stereocenters. The molecule has 1 atom stereocenters. The summed E-state index contributed by atoms with van der Waals surface area (Å²) in [5.74, 6) is 0.259. The molecular weight excluding hydrogens is 320 g/mol. The Kier molecular flexibility index (Phi) is 11.4. The lowest BCUT2D eigenvalue weighted by Gasteiger charge is -2.07. The van der Waals surface area contributed by atoms with E-state index in [0.29, 0.717) is 0 Å². The summed E-state index contributed by atoms with van der Waals surface area (Å²) in [7, 11) is 0. The fraction of sp³-hybridized carbons (Fsp3) is 0.550. The smallest absolute Gasteiger partial charge is 0.330 e. The van der Waals surface area contributed by atoms with E-state index in [9.17, 15) is 4.79 Å². The number of unbranched alkanes of at least 4 members (excludes halogenated alkanes) is 5. The van der Waals surface area contributed by atoms with Crippen LogP contribution in [0, 0.1) is 0 Å². The maximum atomic E-state index is 11.4. The van der Waals surface area contributed by atoms with Crippen LogP contribution in [0.15, 0.2) is 30.3 Å². The van der Waals surface area contributed by atoms with Gasteiger partial charge in [0.05, 0.1) is 13.2 Å². The summed E-state index contributed by atoms with van der Waals surface area (Å²) < 4.78 is 10.5. The maximum absolute atomic E-state index is 11.4. The molecule has 0 heterocycles. The summed E-state index contributed by atoms with van der Waals surface area (Å²) >= 11 is 0. The lowest BCUT2D eigenvalue weighted by molar-refractivity contribution is -0.141. The molecule has 0 saturated heterocycles. The molecule has 0 aliphatic carbocycles. The summed E-state index contributed by atoms with van der Waals surface area (Å²) in [6.07, 6.45) is 9.29. The third-order valence-corrected chi connectivity index (χ3v) is 3.69. The van der Waals surface area contributed by atoms with E-state index in [1.165, 1.54) is 38.2 Å². The fourth-order valence-electron chi connectivity index (χ4n) is 2.19. The van der Waals surface area contributed by atoms with Crippen molar-refractivity contribution in [3.8, 4) is 5.75 Å². The highest BCUT2D eigenvalue weighted by atomic mass is 16.5. The largest absolute Gasteiger partial charge is 0.494 e. The Labute approximate surface area is 150 Å². The minimum absolute atomic E-state index is 0.217. The number of carbonyl (C=O) groups is 1. The average Bonchev–Trinajstić information content (AvgIpc) is 2.64. The van der Waals surface area contributed by atoms with Crippen LogP contribution in [0.2, 0.25) is 0 Å². The van der Waals surface area contributed by atoms with Gasteiger partial charge in [0.2, 0.25) is 0 Å². The molecule has 0 spiro atoms. The van der Waals surface area contributed by atoms with Gasteiger partial charge in [-0.25, -0.2) is 4.79 Å². The van der Waals surface area contributed by atoms with E-state index in [4.69, 9.17) is 19.7 Å². The molecule has 1 aromatic rings. The highest BCUT2D eigenvalue weighted by Gasteiger charge is 2.04. The molecule has 0 saturated carbocycles. The molecule has 0 aliphatic rings. The van der Waals surface area contributed by atoms with Crippen molar-refractivity contribution in [3.63, 3.8) is 0 Å². The summed E-state index contributed by atoms with van der Waals surface area (Å²) in [6, 6.07) is 7.47. The first-order valence-corrected chi connectivity index (χ1v) is 9.02. The minimum Gasteiger partial charge on any atom is -0.494 e. The molecule has 0 aromatic heterocycles. The number of aliphatic hydroxyl groups is 2. The lowest BCUT2D eigenvalue weighted by Crippen LogP contribution is -2.21. The number of aliphatic hydroxyl groups excluding tert-OH is 2. The Morgan fingerprint density at radius 1 is 1.12 bits per heavy atom. The van der Waals surface area contributed by atoms with Crippen LogP contribution in [-0.2, 0) is 9.53 Å². The zero-order valence-corrected chi connectivity index (χ0v) is 15.0. The van der Waals surface area contributed by atoms with Crippen LogP contribution >= 0.6 is 0 Å². The van der Waals surface area contributed by atoms with Gasteiger partial charge < -0.3 is 19.7 Å². The van der Waals surface area contributed by atoms with Crippen molar-refractivity contribution < 1.29 is 24.5 Å². The second-order valence-corrected chi connectivity index (χ2v) is 5.99. The van der Waals surface area contributed by atoms with E-state index in [2.05, 4.69) is 6.92 Å². The predicted molar refractivity (Wildman–Crippen MR) is 98.4 cm³/mol. The van der Waals surface area contributed by atoms with Crippen molar-refractivity contribution in [2.45, 2.75) is 51.6 Å².